The Labute approximate surface area is 114 Å². The molecule has 1 saturated carbocycles. The van der Waals surface area contributed by atoms with Crippen LogP contribution >= 0.6 is 11.3 Å². The van der Waals surface area contributed by atoms with Crippen molar-refractivity contribution in [2.24, 2.45) is 0 Å². The van der Waals surface area contributed by atoms with Gasteiger partial charge >= 0.3 is 5.97 Å². The van der Waals surface area contributed by atoms with Crippen LogP contribution in [0.1, 0.15) is 27.4 Å². The molecule has 0 unspecified atom stereocenters. The predicted molar refractivity (Wildman–Crippen MR) is 72.1 cm³/mol. The van der Waals surface area contributed by atoms with Gasteiger partial charge in [-0.1, -0.05) is 0 Å². The standard InChI is InChI=1S/C13H15NO4S/c15-8-7-14(9-1-2-9)13(18)11-5-3-10(19-11)4-6-12(16)17/h3-6,9,15H,1-2,7-8H2,(H,16,17). The lowest BCUT2D eigenvalue weighted by Crippen LogP contribution is -2.34. The van der Waals surface area contributed by atoms with Gasteiger partial charge in [0.2, 0.25) is 0 Å². The molecule has 1 fully saturated rings. The summed E-state index contributed by atoms with van der Waals surface area (Å²) in [5.41, 5.74) is 0. The SMILES string of the molecule is O=C(O)C=Cc1ccc(C(=O)N(CCO)C2CC2)s1. The number of amides is 1. The van der Waals surface area contributed by atoms with Crippen molar-refractivity contribution in [3.05, 3.63) is 28.0 Å². The molecule has 19 heavy (non-hydrogen) atoms. The van der Waals surface area contributed by atoms with Crippen LogP contribution in [0.5, 0.6) is 0 Å². The molecule has 0 aliphatic heterocycles. The third-order valence-corrected chi connectivity index (χ3v) is 3.86. The zero-order valence-electron chi connectivity index (χ0n) is 10.3. The lowest BCUT2D eigenvalue weighted by atomic mass is 10.3. The van der Waals surface area contributed by atoms with Crippen LogP contribution in [0.2, 0.25) is 0 Å². The normalized spacial score (nSPS) is 14.8. The van der Waals surface area contributed by atoms with Crippen molar-refractivity contribution >= 4 is 29.3 Å². The van der Waals surface area contributed by atoms with E-state index in [2.05, 4.69) is 0 Å². The lowest BCUT2D eigenvalue weighted by molar-refractivity contribution is -0.131. The van der Waals surface area contributed by atoms with Crippen LogP contribution in [0.3, 0.4) is 0 Å². The third-order valence-electron chi connectivity index (χ3n) is 2.82. The summed E-state index contributed by atoms with van der Waals surface area (Å²) in [6.45, 7) is 0.307. The van der Waals surface area contributed by atoms with Crippen molar-refractivity contribution < 1.29 is 19.8 Å². The number of rotatable bonds is 6. The van der Waals surface area contributed by atoms with E-state index in [1.807, 2.05) is 0 Å². The average Bonchev–Trinajstić information content (AvgIpc) is 3.10. The molecule has 1 aliphatic carbocycles. The second kappa shape index (κ2) is 5.99. The molecule has 1 amide bonds. The average molecular weight is 281 g/mol. The molecule has 5 nitrogen and oxygen atoms in total. The first-order valence-corrected chi connectivity index (χ1v) is 6.86. The Kier molecular flexibility index (Phi) is 4.34. The summed E-state index contributed by atoms with van der Waals surface area (Å²) >= 11 is 1.26. The van der Waals surface area contributed by atoms with Crippen molar-refractivity contribution in [2.45, 2.75) is 18.9 Å². The Balaban J connectivity index is 2.08. The number of hydrogen-bond acceptors (Lipinski definition) is 4. The first-order valence-electron chi connectivity index (χ1n) is 6.04. The van der Waals surface area contributed by atoms with Gasteiger partial charge in [-0.05, 0) is 31.1 Å². The van der Waals surface area contributed by atoms with E-state index in [0.29, 0.717) is 11.4 Å². The molecule has 6 heteroatoms. The fourth-order valence-electron chi connectivity index (χ4n) is 1.80. The highest BCUT2D eigenvalue weighted by atomic mass is 32.1. The molecule has 1 aliphatic rings. The zero-order valence-corrected chi connectivity index (χ0v) is 11.1. The Hall–Kier alpha value is -1.66. The highest BCUT2D eigenvalue weighted by molar-refractivity contribution is 7.14. The predicted octanol–water partition coefficient (Wildman–Crippen LogP) is 1.44. The van der Waals surface area contributed by atoms with Crippen LogP contribution in [0, 0.1) is 0 Å². The molecular weight excluding hydrogens is 266 g/mol. The summed E-state index contributed by atoms with van der Waals surface area (Å²) in [5.74, 6) is -1.10. The van der Waals surface area contributed by atoms with Crippen LogP contribution in [0.4, 0.5) is 0 Å². The molecule has 0 bridgehead atoms. The van der Waals surface area contributed by atoms with Crippen molar-refractivity contribution in [1.82, 2.24) is 4.90 Å². The maximum absolute atomic E-state index is 12.3. The summed E-state index contributed by atoms with van der Waals surface area (Å²) in [5, 5.41) is 17.5. The van der Waals surface area contributed by atoms with E-state index in [1.54, 1.807) is 17.0 Å². The van der Waals surface area contributed by atoms with Crippen LogP contribution in [-0.4, -0.2) is 46.2 Å². The largest absolute Gasteiger partial charge is 0.478 e. The molecule has 0 aromatic carbocycles. The van der Waals surface area contributed by atoms with E-state index in [0.717, 1.165) is 23.8 Å². The van der Waals surface area contributed by atoms with Gasteiger partial charge in [-0.15, -0.1) is 11.3 Å². The molecule has 2 N–H and O–H groups in total. The van der Waals surface area contributed by atoms with Gasteiger partial charge in [-0.3, -0.25) is 4.79 Å². The fraction of sp³-hybridized carbons (Fsp3) is 0.385. The summed E-state index contributed by atoms with van der Waals surface area (Å²) < 4.78 is 0. The first-order chi connectivity index (χ1) is 9.11. The Bertz CT molecular complexity index is 504. The van der Waals surface area contributed by atoms with E-state index >= 15 is 0 Å². The minimum absolute atomic E-state index is 0.0423. The van der Waals surface area contributed by atoms with Gasteiger partial charge in [0.25, 0.3) is 5.91 Å². The second-order valence-electron chi connectivity index (χ2n) is 4.33. The van der Waals surface area contributed by atoms with Crippen molar-refractivity contribution in [3.63, 3.8) is 0 Å². The number of hydrogen-bond donors (Lipinski definition) is 2. The maximum atomic E-state index is 12.3. The fourth-order valence-corrected chi connectivity index (χ4v) is 2.66. The van der Waals surface area contributed by atoms with Crippen LogP contribution < -0.4 is 0 Å². The highest BCUT2D eigenvalue weighted by Crippen LogP contribution is 2.29. The molecule has 1 aromatic rings. The van der Waals surface area contributed by atoms with E-state index in [1.165, 1.54) is 17.4 Å². The molecular formula is C13H15NO4S. The quantitative estimate of drug-likeness (QED) is 0.773. The number of aliphatic hydroxyl groups excluding tert-OH is 1. The molecule has 0 saturated heterocycles. The van der Waals surface area contributed by atoms with E-state index < -0.39 is 5.97 Å². The van der Waals surface area contributed by atoms with Crippen molar-refractivity contribution in [2.75, 3.05) is 13.2 Å². The van der Waals surface area contributed by atoms with Crippen LogP contribution in [0.25, 0.3) is 6.08 Å². The number of nitrogens with zero attached hydrogens (tertiary/aromatic N) is 1. The molecule has 0 atom stereocenters. The van der Waals surface area contributed by atoms with Gasteiger partial charge in [0.05, 0.1) is 11.5 Å². The van der Waals surface area contributed by atoms with E-state index in [9.17, 15) is 9.59 Å². The third kappa shape index (κ3) is 3.65. The number of thiophene rings is 1. The monoisotopic (exact) mass is 281 g/mol. The first kappa shape index (κ1) is 13.8. The highest BCUT2D eigenvalue weighted by Gasteiger charge is 2.33. The van der Waals surface area contributed by atoms with Crippen molar-refractivity contribution in [3.8, 4) is 0 Å². The molecule has 2 rings (SSSR count). The number of aliphatic hydroxyl groups is 1. The minimum atomic E-state index is -1.01. The Morgan fingerprint density at radius 1 is 1.42 bits per heavy atom. The second-order valence-corrected chi connectivity index (χ2v) is 5.44. The number of carboxylic acid groups (broad SMARTS) is 1. The Morgan fingerprint density at radius 3 is 2.74 bits per heavy atom. The smallest absolute Gasteiger partial charge is 0.328 e. The van der Waals surface area contributed by atoms with Gasteiger partial charge in [0.1, 0.15) is 0 Å². The molecule has 1 aromatic heterocycles. The summed E-state index contributed by atoms with van der Waals surface area (Å²) in [6, 6.07) is 3.67. The number of carbonyl (C=O) groups excluding carboxylic acids is 1. The van der Waals surface area contributed by atoms with Crippen LogP contribution in [0.15, 0.2) is 18.2 Å². The number of aliphatic carboxylic acids is 1. The maximum Gasteiger partial charge on any atom is 0.328 e. The summed E-state index contributed by atoms with van der Waals surface area (Å²) in [7, 11) is 0. The molecule has 1 heterocycles. The minimum Gasteiger partial charge on any atom is -0.478 e. The van der Waals surface area contributed by atoms with Gasteiger partial charge < -0.3 is 15.1 Å². The summed E-state index contributed by atoms with van der Waals surface area (Å²) in [4.78, 5) is 25.7. The van der Waals surface area contributed by atoms with Crippen molar-refractivity contribution in [1.29, 1.82) is 0 Å². The van der Waals surface area contributed by atoms with Crippen LogP contribution in [-0.2, 0) is 4.79 Å². The van der Waals surface area contributed by atoms with Gasteiger partial charge in [0.15, 0.2) is 0 Å². The summed E-state index contributed by atoms with van der Waals surface area (Å²) in [6.07, 6.45) is 4.50. The number of carboxylic acids is 1. The number of carbonyl (C=O) groups is 2. The van der Waals surface area contributed by atoms with Gasteiger partial charge in [-0.25, -0.2) is 4.79 Å². The topological polar surface area (TPSA) is 77.8 Å². The molecule has 0 radical (unpaired) electrons. The lowest BCUT2D eigenvalue weighted by Gasteiger charge is -2.20. The zero-order chi connectivity index (χ0) is 13.8. The van der Waals surface area contributed by atoms with Gasteiger partial charge in [0, 0.05) is 23.5 Å². The van der Waals surface area contributed by atoms with E-state index in [-0.39, 0.29) is 18.6 Å². The van der Waals surface area contributed by atoms with E-state index in [4.69, 9.17) is 10.2 Å². The Morgan fingerprint density at radius 2 is 2.16 bits per heavy atom. The molecule has 0 spiro atoms. The molecule has 102 valence electrons. The van der Waals surface area contributed by atoms with Gasteiger partial charge in [-0.2, -0.15) is 0 Å².